The summed E-state index contributed by atoms with van der Waals surface area (Å²) in [6, 6.07) is 14.5. The fraction of sp³-hybridized carbons (Fsp3) is 0.241. The van der Waals surface area contributed by atoms with Crippen molar-refractivity contribution >= 4 is 33.9 Å². The highest BCUT2D eigenvalue weighted by atomic mass is 19.1. The van der Waals surface area contributed by atoms with Gasteiger partial charge in [0.2, 0.25) is 0 Å². The van der Waals surface area contributed by atoms with Crippen molar-refractivity contribution in [3.8, 4) is 11.5 Å². The van der Waals surface area contributed by atoms with Crippen LogP contribution < -0.4 is 10.1 Å². The second-order valence-corrected chi connectivity index (χ2v) is 9.22. The number of benzene rings is 3. The number of para-hydroxylation sites is 1. The van der Waals surface area contributed by atoms with E-state index in [-0.39, 0.29) is 31.6 Å². The summed E-state index contributed by atoms with van der Waals surface area (Å²) in [7, 11) is 1.85. The molecule has 0 radical (unpaired) electrons. The average molecular weight is 546 g/mol. The molecule has 40 heavy (non-hydrogen) atoms. The molecule has 11 heteroatoms. The van der Waals surface area contributed by atoms with E-state index in [1.807, 2.05) is 18.5 Å². The molecule has 1 amide bonds. The quantitative estimate of drug-likeness (QED) is 0.184. The predicted molar refractivity (Wildman–Crippen MR) is 146 cm³/mol. The van der Waals surface area contributed by atoms with E-state index < -0.39 is 17.5 Å². The van der Waals surface area contributed by atoms with Crippen LogP contribution in [0.15, 0.2) is 54.6 Å². The van der Waals surface area contributed by atoms with Gasteiger partial charge in [-0.05, 0) is 44.2 Å². The molecule has 2 heterocycles. The molecule has 1 unspecified atom stereocenters. The Morgan fingerprint density at radius 3 is 2.73 bits per heavy atom. The smallest absolute Gasteiger partial charge is 0.341 e. The van der Waals surface area contributed by atoms with Crippen LogP contribution in [0.3, 0.4) is 0 Å². The number of rotatable bonds is 9. The Bertz CT molecular complexity index is 1690. The molecular formula is C29H28FN5O5. The van der Waals surface area contributed by atoms with E-state index in [2.05, 4.69) is 15.3 Å². The number of esters is 1. The normalized spacial score (nSPS) is 12.0. The number of imidazole rings is 2. The second kappa shape index (κ2) is 11.0. The minimum absolute atomic E-state index is 0.164. The summed E-state index contributed by atoms with van der Waals surface area (Å²) in [5, 5.41) is 12.5. The van der Waals surface area contributed by atoms with Crippen molar-refractivity contribution in [2.45, 2.75) is 19.8 Å². The molecule has 3 aromatic carbocycles. The third kappa shape index (κ3) is 5.18. The number of aryl methyl sites for hydroxylation is 1. The number of carbonyl (C=O) groups is 2. The summed E-state index contributed by atoms with van der Waals surface area (Å²) in [6.07, 6.45) is 0. The van der Waals surface area contributed by atoms with Gasteiger partial charge >= 0.3 is 5.97 Å². The van der Waals surface area contributed by atoms with Crippen molar-refractivity contribution in [3.63, 3.8) is 0 Å². The molecule has 0 fully saturated rings. The van der Waals surface area contributed by atoms with Crippen LogP contribution in [-0.2, 0) is 11.8 Å². The Hall–Kier alpha value is -4.93. The number of aromatic hydroxyl groups is 1. The monoisotopic (exact) mass is 545 g/mol. The molecule has 206 valence electrons. The highest BCUT2D eigenvalue weighted by Gasteiger charge is 2.21. The largest absolute Gasteiger partial charge is 0.505 e. The van der Waals surface area contributed by atoms with Crippen LogP contribution in [0.25, 0.3) is 22.1 Å². The first-order valence-corrected chi connectivity index (χ1v) is 12.8. The number of phenols is 1. The summed E-state index contributed by atoms with van der Waals surface area (Å²) < 4.78 is 26.4. The zero-order valence-corrected chi connectivity index (χ0v) is 22.2. The van der Waals surface area contributed by atoms with Crippen LogP contribution in [0.4, 0.5) is 4.39 Å². The third-order valence-corrected chi connectivity index (χ3v) is 6.57. The number of H-pyrrole nitrogens is 1. The average Bonchev–Trinajstić information content (AvgIpc) is 3.51. The van der Waals surface area contributed by atoms with Crippen LogP contribution in [0.5, 0.6) is 11.5 Å². The van der Waals surface area contributed by atoms with Gasteiger partial charge in [0.15, 0.2) is 11.6 Å². The molecular weight excluding hydrogens is 517 g/mol. The number of nitrogens with one attached hydrogen (secondary N) is 2. The lowest BCUT2D eigenvalue weighted by atomic mass is 10.1. The summed E-state index contributed by atoms with van der Waals surface area (Å²) in [5.41, 5.74) is 3.18. The Labute approximate surface area is 228 Å². The number of hydrogen-bond donors (Lipinski definition) is 3. The van der Waals surface area contributed by atoms with Crippen LogP contribution in [0, 0.1) is 5.82 Å². The molecule has 0 aliphatic rings. The van der Waals surface area contributed by atoms with Gasteiger partial charge < -0.3 is 29.4 Å². The number of halogens is 1. The maximum Gasteiger partial charge on any atom is 0.341 e. The number of nitrogens with zero attached hydrogens (tertiary/aromatic N) is 3. The number of ether oxygens (including phenoxy) is 2. The van der Waals surface area contributed by atoms with E-state index in [4.69, 9.17) is 14.5 Å². The Morgan fingerprint density at radius 2 is 1.93 bits per heavy atom. The zero-order valence-electron chi connectivity index (χ0n) is 22.2. The molecule has 0 bridgehead atoms. The minimum Gasteiger partial charge on any atom is -0.505 e. The molecule has 0 spiro atoms. The lowest BCUT2D eigenvalue weighted by molar-refractivity contribution is 0.0521. The van der Waals surface area contributed by atoms with Gasteiger partial charge in [0, 0.05) is 24.7 Å². The SMILES string of the molecule is CCOC(=O)c1ccccc1OCCNC(=O)c1ccc2nc(C(C)c3nc4cc(O)c(F)cc4[nH]3)n(C)c2c1. The Balaban J connectivity index is 1.27. The number of carbonyl (C=O) groups excluding carboxylic acids is 2. The van der Waals surface area contributed by atoms with Gasteiger partial charge in [-0.15, -0.1) is 0 Å². The second-order valence-electron chi connectivity index (χ2n) is 9.22. The Morgan fingerprint density at radius 1 is 1.12 bits per heavy atom. The van der Waals surface area contributed by atoms with Crippen LogP contribution in [0.1, 0.15) is 52.1 Å². The topological polar surface area (TPSA) is 131 Å². The number of fused-ring (bicyclic) bond motifs is 2. The summed E-state index contributed by atoms with van der Waals surface area (Å²) in [4.78, 5) is 37.3. The predicted octanol–water partition coefficient (Wildman–Crippen LogP) is 4.43. The molecule has 2 aromatic heterocycles. The first-order chi connectivity index (χ1) is 19.3. The lowest BCUT2D eigenvalue weighted by Crippen LogP contribution is -2.28. The summed E-state index contributed by atoms with van der Waals surface area (Å²) >= 11 is 0. The number of amides is 1. The standard InChI is InChI=1S/C29H28FN5O5/c1-4-39-29(38)18-7-5-6-8-25(18)40-12-11-31-28(37)17-9-10-20-23(13-17)35(3)27(34-20)16(2)26-32-21-14-19(30)24(36)15-22(21)33-26/h5-10,13-16,36H,4,11-12H2,1-3H3,(H,31,37)(H,32,33). The van der Waals surface area contributed by atoms with E-state index in [0.29, 0.717) is 45.1 Å². The molecule has 5 rings (SSSR count). The van der Waals surface area contributed by atoms with Gasteiger partial charge in [0.1, 0.15) is 29.6 Å². The Kier molecular flexibility index (Phi) is 7.37. The molecule has 0 saturated heterocycles. The van der Waals surface area contributed by atoms with E-state index in [0.717, 1.165) is 5.52 Å². The number of hydrogen-bond acceptors (Lipinski definition) is 7. The third-order valence-electron chi connectivity index (χ3n) is 6.57. The molecule has 10 nitrogen and oxygen atoms in total. The fourth-order valence-electron chi connectivity index (χ4n) is 4.50. The van der Waals surface area contributed by atoms with Gasteiger partial charge in [-0.1, -0.05) is 12.1 Å². The molecule has 0 saturated carbocycles. The van der Waals surface area contributed by atoms with Gasteiger partial charge in [0.25, 0.3) is 5.91 Å². The van der Waals surface area contributed by atoms with E-state index in [1.165, 1.54) is 12.1 Å². The van der Waals surface area contributed by atoms with Crippen LogP contribution in [0.2, 0.25) is 0 Å². The van der Waals surface area contributed by atoms with Crippen molar-refractivity contribution in [3.05, 3.63) is 83.2 Å². The summed E-state index contributed by atoms with van der Waals surface area (Å²) in [6.45, 7) is 4.30. The van der Waals surface area contributed by atoms with Gasteiger partial charge in [-0.2, -0.15) is 0 Å². The van der Waals surface area contributed by atoms with Gasteiger partial charge in [0.05, 0.1) is 41.1 Å². The maximum atomic E-state index is 13.8. The molecule has 3 N–H and O–H groups in total. The van der Waals surface area contributed by atoms with Crippen molar-refractivity contribution in [2.24, 2.45) is 7.05 Å². The highest BCUT2D eigenvalue weighted by molar-refractivity contribution is 5.97. The van der Waals surface area contributed by atoms with E-state index >= 15 is 0 Å². The lowest BCUT2D eigenvalue weighted by Gasteiger charge is -2.11. The van der Waals surface area contributed by atoms with Crippen molar-refractivity contribution < 1.29 is 28.6 Å². The first-order valence-electron chi connectivity index (χ1n) is 12.8. The van der Waals surface area contributed by atoms with Crippen LogP contribution >= 0.6 is 0 Å². The number of aromatic amines is 1. The molecule has 5 aromatic rings. The molecule has 0 aliphatic heterocycles. The van der Waals surface area contributed by atoms with Crippen LogP contribution in [-0.4, -0.2) is 56.3 Å². The number of aromatic nitrogens is 4. The maximum absolute atomic E-state index is 13.8. The highest BCUT2D eigenvalue weighted by Crippen LogP contribution is 2.29. The fourth-order valence-corrected chi connectivity index (χ4v) is 4.50. The van der Waals surface area contributed by atoms with Crippen molar-refractivity contribution in [1.29, 1.82) is 0 Å². The number of phenolic OH excluding ortho intramolecular Hbond substituents is 1. The van der Waals surface area contributed by atoms with Crippen molar-refractivity contribution in [2.75, 3.05) is 19.8 Å². The van der Waals surface area contributed by atoms with E-state index in [1.54, 1.807) is 49.4 Å². The minimum atomic E-state index is -0.725. The first kappa shape index (κ1) is 26.7. The molecule has 1 atom stereocenters. The van der Waals surface area contributed by atoms with E-state index in [9.17, 15) is 19.1 Å². The zero-order chi connectivity index (χ0) is 28.4. The van der Waals surface area contributed by atoms with Gasteiger partial charge in [-0.3, -0.25) is 4.79 Å². The van der Waals surface area contributed by atoms with Crippen molar-refractivity contribution in [1.82, 2.24) is 24.8 Å². The summed E-state index contributed by atoms with van der Waals surface area (Å²) in [5.74, 6) is -0.544. The molecule has 0 aliphatic carbocycles. The van der Waals surface area contributed by atoms with Gasteiger partial charge in [-0.25, -0.2) is 19.2 Å².